The van der Waals surface area contributed by atoms with Crippen molar-refractivity contribution in [3.8, 4) is 38.4 Å². The molecule has 1 heterocycles. The molecule has 1 aromatic heterocycles. The van der Waals surface area contributed by atoms with Crippen LogP contribution in [0.4, 0.5) is 5.69 Å². The molecule has 6 nitrogen and oxygen atoms in total. The molecule has 430 valence electrons. The molecule has 2 aromatic carbocycles. The number of nitrogen functional groups attached to an aromatic ring is 1. The maximum Gasteiger partial charge on any atom is 0.203 e. The third-order valence-corrected chi connectivity index (χ3v) is 16.6. The Hall–Kier alpha value is -2.80. The number of aromatic nitrogens is 2. The number of unbranched alkanes of at least 4 members (excludes halogenated alkanes) is 45. The van der Waals surface area contributed by atoms with Gasteiger partial charge in [-0.3, -0.25) is 0 Å². The first-order valence-corrected chi connectivity index (χ1v) is 33.7. The van der Waals surface area contributed by atoms with Gasteiger partial charge in [-0.2, -0.15) is 0 Å². The maximum absolute atomic E-state index is 6.74. The van der Waals surface area contributed by atoms with Gasteiger partial charge in [-0.05, 0) is 55.7 Å². The minimum absolute atomic E-state index is 0.669. The molecule has 3 rings (SSSR count). The van der Waals surface area contributed by atoms with Gasteiger partial charge in [0.25, 0.3) is 0 Å². The Morgan fingerprint density at radius 3 is 0.827 bits per heavy atom. The number of anilines is 1. The van der Waals surface area contributed by atoms with Gasteiger partial charge in [0.2, 0.25) is 5.75 Å². The Labute approximate surface area is 468 Å². The second kappa shape index (κ2) is 49.5. The summed E-state index contributed by atoms with van der Waals surface area (Å²) in [6.07, 6.45) is 65.2. The lowest BCUT2D eigenvalue weighted by molar-refractivity contribution is 0.234. The van der Waals surface area contributed by atoms with Gasteiger partial charge in [-0.1, -0.05) is 321 Å². The molecular weight excluding hydrogens is 939 g/mol. The molecule has 0 aliphatic heterocycles. The molecule has 0 spiro atoms. The van der Waals surface area contributed by atoms with Crippen LogP contribution in [-0.2, 0) is 0 Å². The SMILES string of the molecule is CCCCCCCCCCCCCCCCCCOc1cc(-c2nnc(-c3ccc(N)cc3)s2)cc(OCCCCCCCCCCCCCCCCCC)c1OCCCCCCCCCCCCCCCCCC. The third-order valence-electron chi connectivity index (χ3n) is 15.6. The summed E-state index contributed by atoms with van der Waals surface area (Å²) >= 11 is 1.60. The van der Waals surface area contributed by atoms with Crippen molar-refractivity contribution >= 4 is 17.0 Å². The van der Waals surface area contributed by atoms with E-state index in [1.165, 1.54) is 289 Å². The molecule has 0 atom stereocenters. The van der Waals surface area contributed by atoms with E-state index in [1.54, 1.807) is 11.3 Å². The van der Waals surface area contributed by atoms with Gasteiger partial charge < -0.3 is 19.9 Å². The fraction of sp³-hybridized carbons (Fsp3) is 0.794. The van der Waals surface area contributed by atoms with Gasteiger partial charge in [0.15, 0.2) is 11.5 Å². The van der Waals surface area contributed by atoms with Crippen LogP contribution in [0.3, 0.4) is 0 Å². The van der Waals surface area contributed by atoms with Crippen LogP contribution in [0.15, 0.2) is 36.4 Å². The highest BCUT2D eigenvalue weighted by molar-refractivity contribution is 7.17. The van der Waals surface area contributed by atoms with Gasteiger partial charge >= 0.3 is 0 Å². The zero-order valence-corrected chi connectivity index (χ0v) is 50.4. The van der Waals surface area contributed by atoms with E-state index in [4.69, 9.17) is 25.0 Å². The van der Waals surface area contributed by atoms with Crippen LogP contribution < -0.4 is 19.9 Å². The molecule has 0 unspecified atom stereocenters. The molecule has 75 heavy (non-hydrogen) atoms. The molecule has 0 aliphatic rings. The molecule has 3 aromatic rings. The normalized spacial score (nSPS) is 11.5. The van der Waals surface area contributed by atoms with Crippen molar-refractivity contribution in [1.82, 2.24) is 10.2 Å². The Kier molecular flexibility index (Phi) is 43.9. The summed E-state index contributed by atoms with van der Waals surface area (Å²) in [7, 11) is 0. The molecule has 0 saturated heterocycles. The summed E-state index contributed by atoms with van der Waals surface area (Å²) in [4.78, 5) is 0. The molecule has 0 fully saturated rings. The van der Waals surface area contributed by atoms with Crippen LogP contribution in [-0.4, -0.2) is 30.0 Å². The number of nitrogens with two attached hydrogens (primary N) is 1. The lowest BCUT2D eigenvalue weighted by atomic mass is 10.0. The number of ether oxygens (including phenoxy) is 3. The number of nitrogens with zero attached hydrogens (tertiary/aromatic N) is 2. The maximum atomic E-state index is 6.74. The van der Waals surface area contributed by atoms with Gasteiger partial charge in [0.1, 0.15) is 10.0 Å². The van der Waals surface area contributed by atoms with E-state index in [1.807, 2.05) is 24.3 Å². The largest absolute Gasteiger partial charge is 0.490 e. The van der Waals surface area contributed by atoms with Crippen molar-refractivity contribution in [2.24, 2.45) is 0 Å². The highest BCUT2D eigenvalue weighted by atomic mass is 32.1. The van der Waals surface area contributed by atoms with Crippen molar-refractivity contribution in [2.75, 3.05) is 25.6 Å². The first-order chi connectivity index (χ1) is 37.2. The molecule has 0 radical (unpaired) electrons. The molecule has 2 N–H and O–H groups in total. The zero-order valence-electron chi connectivity index (χ0n) is 49.6. The van der Waals surface area contributed by atoms with E-state index in [0.717, 1.165) is 63.3 Å². The predicted octanol–water partition coefficient (Wildman–Crippen LogP) is 23.4. The predicted molar refractivity (Wildman–Crippen MR) is 330 cm³/mol. The number of rotatable bonds is 56. The van der Waals surface area contributed by atoms with Crippen molar-refractivity contribution in [3.05, 3.63) is 36.4 Å². The topological polar surface area (TPSA) is 79.5 Å². The van der Waals surface area contributed by atoms with Crippen molar-refractivity contribution < 1.29 is 14.2 Å². The molecular formula is C68H119N3O3S. The molecule has 0 bridgehead atoms. The van der Waals surface area contributed by atoms with Crippen molar-refractivity contribution in [2.45, 2.75) is 329 Å². The third kappa shape index (κ3) is 36.1. The fourth-order valence-corrected chi connectivity index (χ4v) is 11.5. The second-order valence-corrected chi connectivity index (χ2v) is 23.8. The van der Waals surface area contributed by atoms with Crippen molar-refractivity contribution in [1.29, 1.82) is 0 Å². The summed E-state index contributed by atoms with van der Waals surface area (Å²) in [6, 6.07) is 12.2. The van der Waals surface area contributed by atoms with Crippen LogP contribution >= 0.6 is 11.3 Å². The van der Waals surface area contributed by atoms with Crippen molar-refractivity contribution in [3.63, 3.8) is 0 Å². The zero-order chi connectivity index (χ0) is 53.2. The van der Waals surface area contributed by atoms with Gasteiger partial charge in [-0.15, -0.1) is 10.2 Å². The Morgan fingerprint density at radius 2 is 0.547 bits per heavy atom. The van der Waals surface area contributed by atoms with E-state index in [-0.39, 0.29) is 0 Å². The highest BCUT2D eigenvalue weighted by Crippen LogP contribution is 2.44. The Bertz CT molecular complexity index is 1620. The Balaban J connectivity index is 1.52. The van der Waals surface area contributed by atoms with Crippen LogP contribution in [0.25, 0.3) is 21.1 Å². The van der Waals surface area contributed by atoms with Gasteiger partial charge in [0, 0.05) is 16.8 Å². The van der Waals surface area contributed by atoms with E-state index < -0.39 is 0 Å². The number of hydrogen-bond donors (Lipinski definition) is 1. The second-order valence-electron chi connectivity index (χ2n) is 22.8. The summed E-state index contributed by atoms with van der Waals surface area (Å²) in [5, 5.41) is 11.0. The van der Waals surface area contributed by atoms with Gasteiger partial charge in [-0.25, -0.2) is 0 Å². The first kappa shape index (κ1) is 66.5. The monoisotopic (exact) mass is 1060 g/mol. The quantitative estimate of drug-likeness (QED) is 0.0448. The van der Waals surface area contributed by atoms with Gasteiger partial charge in [0.05, 0.1) is 19.8 Å². The van der Waals surface area contributed by atoms with E-state index in [9.17, 15) is 0 Å². The number of benzene rings is 2. The summed E-state index contributed by atoms with van der Waals surface area (Å²) in [5.74, 6) is 2.31. The molecule has 0 saturated carbocycles. The van der Waals surface area contributed by atoms with E-state index >= 15 is 0 Å². The standard InChI is InChI=1S/C68H119N3O3S/c1-4-7-10-13-16-19-22-25-28-31-34-37-40-43-46-49-56-72-64-59-62(68-71-70-67(75-68)61-52-54-63(69)55-53-61)60-65(73-57-50-47-44-41-38-35-32-29-26-23-20-17-14-11-8-5-2)66(64)74-58-51-48-45-42-39-36-33-30-27-24-21-18-15-12-9-6-3/h52-55,59-60H,4-51,56-58,69H2,1-3H3. The Morgan fingerprint density at radius 1 is 0.307 bits per heavy atom. The average molecular weight is 1060 g/mol. The van der Waals surface area contributed by atoms with Crippen LogP contribution in [0, 0.1) is 0 Å². The average Bonchev–Trinajstić information content (AvgIpc) is 3.93. The lowest BCUT2D eigenvalue weighted by Gasteiger charge is -2.18. The fourth-order valence-electron chi connectivity index (χ4n) is 10.6. The molecule has 7 heteroatoms. The summed E-state index contributed by atoms with van der Waals surface area (Å²) < 4.78 is 20.2. The first-order valence-electron chi connectivity index (χ1n) is 32.9. The van der Waals surface area contributed by atoms with E-state index in [0.29, 0.717) is 19.8 Å². The van der Waals surface area contributed by atoms with Crippen LogP contribution in [0.1, 0.15) is 329 Å². The molecule has 0 aliphatic carbocycles. The lowest BCUT2D eigenvalue weighted by Crippen LogP contribution is -2.06. The summed E-state index contributed by atoms with van der Waals surface area (Å²) in [5.41, 5.74) is 8.76. The minimum Gasteiger partial charge on any atom is -0.490 e. The smallest absolute Gasteiger partial charge is 0.203 e. The number of hydrogen-bond acceptors (Lipinski definition) is 7. The van der Waals surface area contributed by atoms with Crippen LogP contribution in [0.2, 0.25) is 0 Å². The molecule has 0 amide bonds. The van der Waals surface area contributed by atoms with Crippen LogP contribution in [0.5, 0.6) is 17.2 Å². The highest BCUT2D eigenvalue weighted by Gasteiger charge is 2.20. The van der Waals surface area contributed by atoms with E-state index in [2.05, 4.69) is 38.0 Å². The minimum atomic E-state index is 0.669. The summed E-state index contributed by atoms with van der Waals surface area (Å²) in [6.45, 7) is 8.92.